The highest BCUT2D eigenvalue weighted by Gasteiger charge is 2.58. The van der Waals surface area contributed by atoms with E-state index in [2.05, 4.69) is 0 Å². The van der Waals surface area contributed by atoms with Gasteiger partial charge in [-0.1, -0.05) is 12.1 Å². The quantitative estimate of drug-likeness (QED) is 0.644. The summed E-state index contributed by atoms with van der Waals surface area (Å²) < 4.78 is 18.2. The van der Waals surface area contributed by atoms with Gasteiger partial charge in [-0.3, -0.25) is 0 Å². The van der Waals surface area contributed by atoms with Gasteiger partial charge in [0.15, 0.2) is 0 Å². The number of nitrogen functional groups attached to an aromatic ring is 1. The maximum absolute atomic E-state index is 10.5. The van der Waals surface area contributed by atoms with Crippen LogP contribution in [0.3, 0.4) is 0 Å². The first-order valence-electron chi connectivity index (χ1n) is 8.27. The topological polar surface area (TPSA) is 73.9 Å². The van der Waals surface area contributed by atoms with E-state index in [1.807, 2.05) is 65.8 Å². The van der Waals surface area contributed by atoms with Crippen molar-refractivity contribution in [1.82, 2.24) is 0 Å². The average Bonchev–Trinajstić information content (AvgIpc) is 2.77. The molecule has 3 rings (SSSR count). The van der Waals surface area contributed by atoms with Gasteiger partial charge in [-0.05, 0) is 70.2 Å². The second-order valence-electron chi connectivity index (χ2n) is 8.02. The van der Waals surface area contributed by atoms with Crippen LogP contribution in [0.2, 0.25) is 0 Å². The summed E-state index contributed by atoms with van der Waals surface area (Å²) in [6.45, 7) is 11.9. The first-order valence-corrected chi connectivity index (χ1v) is 8.27. The molecule has 2 aliphatic heterocycles. The molecule has 7 heteroatoms. The fraction of sp³-hybridized carbons (Fsp3) is 0.529. The van der Waals surface area contributed by atoms with Gasteiger partial charge in [0.25, 0.3) is 0 Å². The van der Waals surface area contributed by atoms with E-state index in [-0.39, 0.29) is 0 Å². The van der Waals surface area contributed by atoms with Crippen LogP contribution < -0.4 is 5.73 Å². The summed E-state index contributed by atoms with van der Waals surface area (Å²) in [5.74, 6) is 0. The molecule has 2 aliphatic rings. The molecule has 128 valence electrons. The third kappa shape index (κ3) is 2.69. The summed E-state index contributed by atoms with van der Waals surface area (Å²) in [6, 6.07) is 7.41. The standard InChI is InChI=1S/C17H25B2NO4/c1-15(2)14(19-23-16(3,4)17(5,6)24-19)13(18(21)22-15)11-8-7-9-12(20)10-11/h7-10,21H,20H2,1-6H3. The Morgan fingerprint density at radius 2 is 1.54 bits per heavy atom. The van der Waals surface area contributed by atoms with E-state index in [0.29, 0.717) is 11.2 Å². The molecular formula is C17H25B2NO4. The van der Waals surface area contributed by atoms with Crippen molar-refractivity contribution < 1.29 is 19.0 Å². The van der Waals surface area contributed by atoms with Crippen LogP contribution in [0.1, 0.15) is 47.1 Å². The smallest absolute Gasteiger partial charge is 0.423 e. The van der Waals surface area contributed by atoms with Gasteiger partial charge >= 0.3 is 14.2 Å². The minimum absolute atomic E-state index is 0.463. The predicted molar refractivity (Wildman–Crippen MR) is 97.0 cm³/mol. The molecule has 0 aliphatic carbocycles. The van der Waals surface area contributed by atoms with E-state index in [4.69, 9.17) is 19.7 Å². The van der Waals surface area contributed by atoms with Gasteiger partial charge in [-0.15, -0.1) is 0 Å². The van der Waals surface area contributed by atoms with Crippen molar-refractivity contribution in [3.8, 4) is 0 Å². The van der Waals surface area contributed by atoms with Crippen molar-refractivity contribution in [3.05, 3.63) is 35.3 Å². The highest BCUT2D eigenvalue weighted by molar-refractivity contribution is 6.74. The van der Waals surface area contributed by atoms with Crippen LogP contribution >= 0.6 is 0 Å². The maximum Gasteiger partial charge on any atom is 0.493 e. The monoisotopic (exact) mass is 329 g/mol. The van der Waals surface area contributed by atoms with E-state index < -0.39 is 31.0 Å². The average molecular weight is 329 g/mol. The number of rotatable bonds is 2. The van der Waals surface area contributed by atoms with Gasteiger partial charge in [0.05, 0.1) is 16.8 Å². The Kier molecular flexibility index (Phi) is 3.92. The first kappa shape index (κ1) is 17.5. The molecule has 1 fully saturated rings. The molecule has 2 heterocycles. The summed E-state index contributed by atoms with van der Waals surface area (Å²) in [7, 11) is -1.63. The van der Waals surface area contributed by atoms with E-state index in [1.165, 1.54) is 0 Å². The molecule has 24 heavy (non-hydrogen) atoms. The Balaban J connectivity index is 2.13. The number of nitrogens with two attached hydrogens (primary N) is 1. The molecule has 1 aromatic rings. The Labute approximate surface area is 144 Å². The van der Waals surface area contributed by atoms with Crippen molar-refractivity contribution in [3.63, 3.8) is 0 Å². The van der Waals surface area contributed by atoms with Crippen LogP contribution in [-0.4, -0.2) is 36.1 Å². The lowest BCUT2D eigenvalue weighted by Gasteiger charge is -2.32. The lowest BCUT2D eigenvalue weighted by molar-refractivity contribution is 0.00578. The molecule has 0 amide bonds. The minimum Gasteiger partial charge on any atom is -0.423 e. The summed E-state index contributed by atoms with van der Waals surface area (Å²) >= 11 is 0. The van der Waals surface area contributed by atoms with Crippen molar-refractivity contribution in [2.24, 2.45) is 0 Å². The molecular weight excluding hydrogens is 304 g/mol. The van der Waals surface area contributed by atoms with Crippen molar-refractivity contribution in [2.75, 3.05) is 5.73 Å². The van der Waals surface area contributed by atoms with Crippen LogP contribution in [0.5, 0.6) is 0 Å². The van der Waals surface area contributed by atoms with Crippen LogP contribution in [0, 0.1) is 0 Å². The van der Waals surface area contributed by atoms with Crippen LogP contribution in [-0.2, 0) is 14.0 Å². The molecule has 0 saturated carbocycles. The Morgan fingerprint density at radius 3 is 2.08 bits per heavy atom. The highest BCUT2D eigenvalue weighted by Crippen LogP contribution is 2.46. The highest BCUT2D eigenvalue weighted by atomic mass is 16.7. The normalized spacial score (nSPS) is 24.8. The molecule has 1 aromatic carbocycles. The fourth-order valence-electron chi connectivity index (χ4n) is 3.23. The largest absolute Gasteiger partial charge is 0.493 e. The van der Waals surface area contributed by atoms with E-state index >= 15 is 0 Å². The third-order valence-corrected chi connectivity index (χ3v) is 5.28. The van der Waals surface area contributed by atoms with Gasteiger partial charge in [-0.2, -0.15) is 0 Å². The molecule has 1 saturated heterocycles. The molecule has 3 N–H and O–H groups in total. The van der Waals surface area contributed by atoms with Crippen molar-refractivity contribution >= 4 is 25.4 Å². The van der Waals surface area contributed by atoms with Crippen LogP contribution in [0.4, 0.5) is 5.69 Å². The maximum atomic E-state index is 10.5. The fourth-order valence-corrected chi connectivity index (χ4v) is 3.23. The summed E-state index contributed by atoms with van der Waals surface area (Å²) in [6.07, 6.45) is 0. The van der Waals surface area contributed by atoms with Crippen LogP contribution in [0.25, 0.3) is 5.47 Å². The zero-order valence-corrected chi connectivity index (χ0v) is 15.2. The Bertz CT molecular complexity index is 684. The zero-order chi connectivity index (χ0) is 17.9. The Hall–Kier alpha value is -1.27. The second kappa shape index (κ2) is 5.36. The van der Waals surface area contributed by atoms with Gasteiger partial charge < -0.3 is 24.7 Å². The predicted octanol–water partition coefficient (Wildman–Crippen LogP) is 2.48. The van der Waals surface area contributed by atoms with Crippen LogP contribution in [0.15, 0.2) is 29.7 Å². The summed E-state index contributed by atoms with van der Waals surface area (Å²) in [4.78, 5) is 0. The van der Waals surface area contributed by atoms with E-state index in [1.54, 1.807) is 0 Å². The lowest BCUT2D eigenvalue weighted by Crippen LogP contribution is -2.41. The number of hydrogen-bond acceptors (Lipinski definition) is 5. The van der Waals surface area contributed by atoms with E-state index in [0.717, 1.165) is 11.0 Å². The first-order chi connectivity index (χ1) is 10.9. The van der Waals surface area contributed by atoms with Gasteiger partial charge in [0.1, 0.15) is 0 Å². The molecule has 5 nitrogen and oxygen atoms in total. The van der Waals surface area contributed by atoms with Crippen molar-refractivity contribution in [2.45, 2.75) is 58.3 Å². The summed E-state index contributed by atoms with van der Waals surface area (Å²) in [5, 5.41) is 10.5. The number of hydrogen-bond donors (Lipinski definition) is 2. The molecule has 0 atom stereocenters. The lowest BCUT2D eigenvalue weighted by atomic mass is 9.62. The number of anilines is 1. The molecule has 0 spiro atoms. The molecule has 0 unspecified atom stereocenters. The second-order valence-corrected chi connectivity index (χ2v) is 8.02. The Morgan fingerprint density at radius 1 is 0.958 bits per heavy atom. The minimum atomic E-state index is -1.05. The molecule has 0 radical (unpaired) electrons. The SMILES string of the molecule is CC1(C)OB(O)C(c2cccc(N)c2)=C1B1OC(C)(C)C(C)(C)O1. The third-order valence-electron chi connectivity index (χ3n) is 5.28. The van der Waals surface area contributed by atoms with Gasteiger partial charge in [0, 0.05) is 5.69 Å². The van der Waals surface area contributed by atoms with Gasteiger partial charge in [-0.25, -0.2) is 0 Å². The summed E-state index contributed by atoms with van der Waals surface area (Å²) in [5.41, 5.74) is 7.21. The van der Waals surface area contributed by atoms with Crippen molar-refractivity contribution in [1.29, 1.82) is 0 Å². The zero-order valence-electron chi connectivity index (χ0n) is 15.2. The van der Waals surface area contributed by atoms with E-state index in [9.17, 15) is 5.02 Å². The number of benzene rings is 1. The van der Waals surface area contributed by atoms with Gasteiger partial charge in [0.2, 0.25) is 0 Å². The molecule has 0 aromatic heterocycles. The molecule has 0 bridgehead atoms.